The van der Waals surface area contributed by atoms with Crippen LogP contribution in [0.25, 0.3) is 162 Å². The molecule has 0 saturated carbocycles. The number of para-hydroxylation sites is 3. The maximum atomic E-state index is 5.96. The van der Waals surface area contributed by atoms with Crippen molar-refractivity contribution in [3.05, 3.63) is 279 Å². The molecule has 12 aromatic carbocycles. The molecule has 0 spiro atoms. The summed E-state index contributed by atoms with van der Waals surface area (Å²) in [6, 6.07) is 104. The summed E-state index contributed by atoms with van der Waals surface area (Å²) in [4.78, 5) is 11.9. The first kappa shape index (κ1) is 46.6. The van der Waals surface area contributed by atoms with Gasteiger partial charge in [0, 0.05) is 69.1 Å². The number of benzene rings is 12. The Morgan fingerprint density at radius 3 is 0.845 bits per heavy atom. The van der Waals surface area contributed by atoms with E-state index in [1.165, 1.54) is 111 Å². The summed E-state index contributed by atoms with van der Waals surface area (Å²) in [6.07, 6.45) is 0. The van der Waals surface area contributed by atoms with Crippen LogP contribution in [0, 0.1) is 0 Å². The van der Waals surface area contributed by atoms with Crippen LogP contribution >= 0.6 is 22.6 Å². The highest BCUT2D eigenvalue weighted by atomic mass is 31.1. The van der Waals surface area contributed by atoms with Crippen LogP contribution in [0.3, 0.4) is 0 Å². The molecule has 7 aromatic heterocycles. The quantitative estimate of drug-likeness (QED) is 0.166. The van der Waals surface area contributed by atoms with Gasteiger partial charge in [0.15, 0.2) is 0 Å². The smallest absolute Gasteiger partial charge is 0.238 e. The van der Waals surface area contributed by atoms with Crippen molar-refractivity contribution in [2.75, 3.05) is 0 Å². The van der Waals surface area contributed by atoms with Gasteiger partial charge in [0.05, 0.1) is 33.1 Å². The summed E-state index contributed by atoms with van der Waals surface area (Å²) in [6.45, 7) is 0. The van der Waals surface area contributed by atoms with E-state index in [1.807, 2.05) is 0 Å². The number of nitrogens with zero attached hydrogens (tertiary/aromatic N) is 5. The van der Waals surface area contributed by atoms with Gasteiger partial charge in [-0.05, 0) is 103 Å². The van der Waals surface area contributed by atoms with Crippen molar-refractivity contribution in [2.45, 2.75) is 0 Å². The first-order valence-electron chi connectivity index (χ1n) is 28.7. The Labute approximate surface area is 484 Å². The number of hydrogen-bond acceptors (Lipinski definition) is 2. The van der Waals surface area contributed by atoms with Gasteiger partial charge in [-0.2, -0.15) is 9.97 Å². The summed E-state index contributed by atoms with van der Waals surface area (Å²) in [5.74, 6) is 2.22. The predicted molar refractivity (Wildman–Crippen MR) is 362 cm³/mol. The Morgan fingerprint density at radius 1 is 0.202 bits per heavy atom. The molecule has 0 aliphatic carbocycles. The lowest BCUT2D eigenvalue weighted by molar-refractivity contribution is 0.919. The minimum atomic E-state index is -0.847. The highest BCUT2D eigenvalue weighted by Crippen LogP contribution is 2.59. The third kappa shape index (κ3) is 6.52. The molecular weight excluding hydrogens is 1080 g/mol. The summed E-state index contributed by atoms with van der Waals surface area (Å²) in [5, 5.41) is 27.3. The standard InChI is InChI=1S/C76H46N5P3/c1-4-22-47(23-5-1)82-68-37-19-13-31-53(68)59-40-56-50-28-10-16-34-62(50)79(65(56)43-71(59)82)74-46-75(80-63-35-17-11-29-51(63)57-41-60-54-32-14-20-38-69(54)83(72(60)44-66(57)80)48-24-6-2-7-25-48)78-76(77-74)81-64-36-18-12-30-52(64)58-42-61-55-33-15-21-39-70(55)84(73(61)45-67(58)81)49-26-8-3-9-27-49/h1-46H. The van der Waals surface area contributed by atoms with Gasteiger partial charge in [0.25, 0.3) is 0 Å². The molecule has 0 saturated heterocycles. The summed E-state index contributed by atoms with van der Waals surface area (Å²) >= 11 is 0. The van der Waals surface area contributed by atoms with E-state index in [0.717, 1.165) is 44.7 Å². The molecule has 19 aromatic rings. The van der Waals surface area contributed by atoms with Gasteiger partial charge >= 0.3 is 0 Å². The van der Waals surface area contributed by atoms with E-state index in [2.05, 4.69) is 293 Å². The molecule has 0 aliphatic heterocycles. The lowest BCUT2D eigenvalue weighted by atomic mass is 10.1. The molecule has 0 N–H and O–H groups in total. The molecule has 0 amide bonds. The van der Waals surface area contributed by atoms with Gasteiger partial charge < -0.3 is 0 Å². The van der Waals surface area contributed by atoms with Crippen LogP contribution in [-0.4, -0.2) is 23.7 Å². The summed E-state index contributed by atoms with van der Waals surface area (Å²) in [5.41, 5.74) is 6.60. The van der Waals surface area contributed by atoms with Crippen molar-refractivity contribution in [3.63, 3.8) is 0 Å². The Kier molecular flexibility index (Phi) is 9.86. The summed E-state index contributed by atoms with van der Waals surface area (Å²) in [7, 11) is -2.53. The van der Waals surface area contributed by atoms with E-state index in [0.29, 0.717) is 5.95 Å². The van der Waals surface area contributed by atoms with E-state index < -0.39 is 22.6 Å². The average molecular weight is 1120 g/mol. The molecule has 84 heavy (non-hydrogen) atoms. The van der Waals surface area contributed by atoms with Crippen LogP contribution in [0.5, 0.6) is 0 Å². The maximum absolute atomic E-state index is 5.96. The molecule has 3 atom stereocenters. The van der Waals surface area contributed by atoms with Crippen LogP contribution in [0.2, 0.25) is 0 Å². The zero-order valence-electron chi connectivity index (χ0n) is 45.1. The highest BCUT2D eigenvalue weighted by Gasteiger charge is 2.26. The molecular formula is C76H46N5P3. The predicted octanol–water partition coefficient (Wildman–Crippen LogP) is 22.6. The topological polar surface area (TPSA) is 40.6 Å². The van der Waals surface area contributed by atoms with Gasteiger partial charge in [0.2, 0.25) is 5.95 Å². The number of rotatable bonds is 6. The zero-order chi connectivity index (χ0) is 54.7. The van der Waals surface area contributed by atoms with Crippen LogP contribution < -0.4 is 0 Å². The van der Waals surface area contributed by atoms with Crippen LogP contribution in [-0.2, 0) is 0 Å². The molecule has 0 aliphatic rings. The second-order valence-corrected chi connectivity index (χ2v) is 28.6. The van der Waals surface area contributed by atoms with Gasteiger partial charge in [-0.1, -0.05) is 241 Å². The fourth-order valence-electron chi connectivity index (χ4n) is 14.3. The molecule has 19 rings (SSSR count). The Bertz CT molecular complexity index is 5380. The lowest BCUT2D eigenvalue weighted by Gasteiger charge is -2.15. The minimum Gasteiger partial charge on any atom is -0.294 e. The fourth-order valence-corrected chi connectivity index (χ4v) is 22.2. The third-order valence-corrected chi connectivity index (χ3v) is 25.4. The van der Waals surface area contributed by atoms with Crippen molar-refractivity contribution < 1.29 is 0 Å². The normalized spacial score (nSPS) is 12.9. The van der Waals surface area contributed by atoms with Crippen LogP contribution in [0.1, 0.15) is 0 Å². The van der Waals surface area contributed by atoms with E-state index >= 15 is 0 Å². The molecule has 8 heteroatoms. The van der Waals surface area contributed by atoms with Gasteiger partial charge in [-0.15, -0.1) is 0 Å². The molecule has 0 radical (unpaired) electrons. The minimum absolute atomic E-state index is 0.616. The second-order valence-electron chi connectivity index (χ2n) is 22.2. The zero-order valence-corrected chi connectivity index (χ0v) is 47.8. The van der Waals surface area contributed by atoms with E-state index in [9.17, 15) is 0 Å². The molecule has 7 heterocycles. The van der Waals surface area contributed by atoms with E-state index in [4.69, 9.17) is 9.97 Å². The largest absolute Gasteiger partial charge is 0.294 e. The SMILES string of the molecule is c1ccc(-p2c3ccccc3c3cc4c5ccccc5n(-c5cc(-n6c7ccccc7c7cc8c9ccccc9p(-c9ccccc9)c8cc76)nc(-n6c7ccccc7c7cc8c9ccccc9p(-c9ccccc9)c8cc76)n5)c4cc32)cc1. The second kappa shape index (κ2) is 17.8. The molecule has 390 valence electrons. The molecule has 0 bridgehead atoms. The number of hydrogen-bond donors (Lipinski definition) is 0. The third-order valence-electron chi connectivity index (χ3n) is 17.8. The molecule has 3 unspecified atom stereocenters. The van der Waals surface area contributed by atoms with Gasteiger partial charge in [-0.25, -0.2) is 0 Å². The Morgan fingerprint density at radius 2 is 0.488 bits per heavy atom. The Balaban J connectivity index is 0.970. The molecule has 5 nitrogen and oxygen atoms in total. The fraction of sp³-hybridized carbons (Fsp3) is 0. The van der Waals surface area contributed by atoms with Crippen LogP contribution in [0.15, 0.2) is 279 Å². The van der Waals surface area contributed by atoms with Crippen molar-refractivity contribution in [2.24, 2.45) is 0 Å². The van der Waals surface area contributed by atoms with Gasteiger partial charge in [-0.3, -0.25) is 13.7 Å². The number of fused-ring (bicyclic) bond motifs is 18. The van der Waals surface area contributed by atoms with Crippen molar-refractivity contribution in [1.29, 1.82) is 0 Å². The molecule has 0 fully saturated rings. The average Bonchev–Trinajstić information content (AvgIpc) is 2.26. The van der Waals surface area contributed by atoms with Crippen molar-refractivity contribution in [3.8, 4) is 33.5 Å². The first-order chi connectivity index (χ1) is 41.7. The Hall–Kier alpha value is -9.98. The van der Waals surface area contributed by atoms with Crippen molar-refractivity contribution >= 4 is 151 Å². The van der Waals surface area contributed by atoms with Gasteiger partial charge in [0.1, 0.15) is 11.6 Å². The monoisotopic (exact) mass is 1120 g/mol. The number of aromatic nitrogens is 5. The van der Waals surface area contributed by atoms with E-state index in [1.54, 1.807) is 0 Å². The first-order valence-corrected chi connectivity index (χ1v) is 32.7. The summed E-state index contributed by atoms with van der Waals surface area (Å²) < 4.78 is 7.25. The maximum Gasteiger partial charge on any atom is 0.238 e. The van der Waals surface area contributed by atoms with E-state index in [-0.39, 0.29) is 0 Å². The lowest BCUT2D eigenvalue weighted by Crippen LogP contribution is -2.10. The van der Waals surface area contributed by atoms with Crippen LogP contribution in [0.4, 0.5) is 0 Å². The van der Waals surface area contributed by atoms with Crippen molar-refractivity contribution in [1.82, 2.24) is 23.7 Å². The highest BCUT2D eigenvalue weighted by molar-refractivity contribution is 7.68.